The number of hydrogen-bond acceptors (Lipinski definition) is 5. The number of alkyl halides is 3. The molecule has 2 aromatic carbocycles. The first-order valence-electron chi connectivity index (χ1n) is 13.0. The predicted octanol–water partition coefficient (Wildman–Crippen LogP) is 5.88. The van der Waals surface area contributed by atoms with Crippen molar-refractivity contribution in [2.75, 3.05) is 13.2 Å². The first-order chi connectivity index (χ1) is 18.2. The minimum absolute atomic E-state index is 0.124. The molecule has 6 nitrogen and oxygen atoms in total. The number of rotatable bonds is 7. The van der Waals surface area contributed by atoms with Crippen LogP contribution in [0, 0.1) is 0 Å². The van der Waals surface area contributed by atoms with E-state index in [1.165, 1.54) is 6.07 Å². The molecule has 3 aromatic rings. The maximum Gasteiger partial charge on any atom is 0.416 e. The number of carbonyl (C=O) groups excluding carboxylic acids is 1. The lowest BCUT2D eigenvalue weighted by Crippen LogP contribution is -2.28. The van der Waals surface area contributed by atoms with Crippen LogP contribution in [0.25, 0.3) is 11.1 Å². The summed E-state index contributed by atoms with van der Waals surface area (Å²) in [4.78, 5) is 22.6. The summed E-state index contributed by atoms with van der Waals surface area (Å²) >= 11 is 0. The highest BCUT2D eigenvalue weighted by molar-refractivity contribution is 5.92. The van der Waals surface area contributed by atoms with Gasteiger partial charge in [0, 0.05) is 37.3 Å². The third-order valence-corrected chi connectivity index (χ3v) is 7.30. The Morgan fingerprint density at radius 2 is 1.74 bits per heavy atom. The highest BCUT2D eigenvalue weighted by atomic mass is 19.4. The van der Waals surface area contributed by atoms with Crippen LogP contribution in [-0.2, 0) is 17.5 Å². The monoisotopic (exact) mass is 524 g/mol. The van der Waals surface area contributed by atoms with E-state index in [2.05, 4.69) is 10.3 Å². The van der Waals surface area contributed by atoms with Crippen LogP contribution in [0.3, 0.4) is 0 Å². The molecule has 1 aliphatic heterocycles. The van der Waals surface area contributed by atoms with Gasteiger partial charge < -0.3 is 15.8 Å². The molecule has 1 saturated carbocycles. The van der Waals surface area contributed by atoms with Crippen LogP contribution in [0.2, 0.25) is 0 Å². The van der Waals surface area contributed by atoms with Crippen LogP contribution in [0.4, 0.5) is 13.2 Å². The van der Waals surface area contributed by atoms with Crippen LogP contribution in [-0.4, -0.2) is 29.1 Å². The zero-order valence-corrected chi connectivity index (χ0v) is 21.2. The van der Waals surface area contributed by atoms with E-state index in [0.29, 0.717) is 41.5 Å². The number of halogens is 3. The Kier molecular flexibility index (Phi) is 7.49. The van der Waals surface area contributed by atoms with Gasteiger partial charge in [0.1, 0.15) is 11.5 Å². The van der Waals surface area contributed by atoms with Crippen molar-refractivity contribution in [1.29, 1.82) is 0 Å². The Bertz CT molecular complexity index is 1300. The minimum Gasteiger partial charge on any atom is -0.381 e. The smallest absolute Gasteiger partial charge is 0.381 e. The SMILES string of the molecule is C[C@@H](NC(=O)c1cc(C2CC2)nc(C2CCOCC2)n1)c1ccc(-c2cc(C(F)(F)F)ccc2CN)cc1. The molecule has 3 N–H and O–H groups in total. The maximum absolute atomic E-state index is 13.3. The average molecular weight is 525 g/mol. The number of nitrogens with one attached hydrogen (secondary N) is 1. The standard InChI is InChI=1S/C29H31F3N4O2/c1-17(18-2-4-19(5-3-18)24-14-23(29(30,31)32)9-8-22(24)16-33)34-28(37)26-15-25(20-6-7-20)35-27(36-26)21-10-12-38-13-11-21/h2-5,8-9,14-15,17,20-21H,6-7,10-13,16,33H2,1H3,(H,34,37)/t17-/m1/s1. The lowest BCUT2D eigenvalue weighted by molar-refractivity contribution is -0.137. The third-order valence-electron chi connectivity index (χ3n) is 7.30. The maximum atomic E-state index is 13.3. The van der Waals surface area contributed by atoms with Crippen molar-refractivity contribution in [3.63, 3.8) is 0 Å². The van der Waals surface area contributed by atoms with E-state index in [0.717, 1.165) is 54.9 Å². The first kappa shape index (κ1) is 26.3. The highest BCUT2D eigenvalue weighted by Gasteiger charge is 2.31. The molecule has 1 saturated heterocycles. The van der Waals surface area contributed by atoms with Gasteiger partial charge in [0.2, 0.25) is 0 Å². The second kappa shape index (κ2) is 10.8. The molecule has 200 valence electrons. The molecule has 0 unspecified atom stereocenters. The van der Waals surface area contributed by atoms with Crippen molar-refractivity contribution >= 4 is 5.91 Å². The lowest BCUT2D eigenvalue weighted by Gasteiger charge is -2.22. The predicted molar refractivity (Wildman–Crippen MR) is 137 cm³/mol. The molecular weight excluding hydrogens is 493 g/mol. The lowest BCUT2D eigenvalue weighted by atomic mass is 9.95. The molecule has 1 atom stereocenters. The molecule has 1 amide bonds. The number of benzene rings is 2. The normalized spacial score (nSPS) is 17.3. The second-order valence-corrected chi connectivity index (χ2v) is 10.1. The van der Waals surface area contributed by atoms with E-state index in [-0.39, 0.29) is 24.4 Å². The molecule has 0 bridgehead atoms. The molecule has 2 fully saturated rings. The summed E-state index contributed by atoms with van der Waals surface area (Å²) < 4.78 is 45.3. The third kappa shape index (κ3) is 5.89. The molecule has 0 radical (unpaired) electrons. The van der Waals surface area contributed by atoms with Crippen LogP contribution in [0.5, 0.6) is 0 Å². The molecule has 9 heteroatoms. The number of nitrogens with two attached hydrogens (primary N) is 1. The summed E-state index contributed by atoms with van der Waals surface area (Å²) in [6.07, 6.45) is -0.603. The van der Waals surface area contributed by atoms with Gasteiger partial charge in [-0.3, -0.25) is 4.79 Å². The number of nitrogens with zero attached hydrogens (tertiary/aromatic N) is 2. The molecule has 1 aromatic heterocycles. The Hall–Kier alpha value is -3.30. The fourth-order valence-electron chi connectivity index (χ4n) is 4.83. The van der Waals surface area contributed by atoms with E-state index in [4.69, 9.17) is 15.5 Å². The largest absolute Gasteiger partial charge is 0.416 e. The Morgan fingerprint density at radius 3 is 2.37 bits per heavy atom. The highest BCUT2D eigenvalue weighted by Crippen LogP contribution is 2.40. The van der Waals surface area contributed by atoms with Crippen molar-refractivity contribution in [1.82, 2.24) is 15.3 Å². The van der Waals surface area contributed by atoms with E-state index in [1.54, 1.807) is 18.2 Å². The van der Waals surface area contributed by atoms with Gasteiger partial charge in [0.05, 0.1) is 11.6 Å². The van der Waals surface area contributed by atoms with E-state index in [9.17, 15) is 18.0 Å². The van der Waals surface area contributed by atoms with Gasteiger partial charge in [-0.15, -0.1) is 0 Å². The van der Waals surface area contributed by atoms with Gasteiger partial charge in [-0.05, 0) is 73.1 Å². The molecule has 0 spiro atoms. The second-order valence-electron chi connectivity index (χ2n) is 10.1. The van der Waals surface area contributed by atoms with Gasteiger partial charge in [-0.2, -0.15) is 13.2 Å². The number of ether oxygens (including phenoxy) is 1. The summed E-state index contributed by atoms with van der Waals surface area (Å²) in [7, 11) is 0. The summed E-state index contributed by atoms with van der Waals surface area (Å²) in [6, 6.07) is 12.2. The summed E-state index contributed by atoms with van der Waals surface area (Å²) in [5.74, 6) is 1.02. The Balaban J connectivity index is 1.34. The number of aromatic nitrogens is 2. The quantitative estimate of drug-likeness (QED) is 0.403. The van der Waals surface area contributed by atoms with Crippen LogP contribution in [0.15, 0.2) is 48.5 Å². The topological polar surface area (TPSA) is 90.1 Å². The minimum atomic E-state index is -4.44. The molecular formula is C29H31F3N4O2. The Morgan fingerprint density at radius 1 is 1.03 bits per heavy atom. The van der Waals surface area contributed by atoms with Crippen molar-refractivity contribution in [3.05, 3.63) is 82.4 Å². The number of amides is 1. The summed E-state index contributed by atoms with van der Waals surface area (Å²) in [6.45, 7) is 3.33. The first-order valence-corrected chi connectivity index (χ1v) is 13.0. The van der Waals surface area contributed by atoms with E-state index >= 15 is 0 Å². The zero-order chi connectivity index (χ0) is 26.9. The van der Waals surface area contributed by atoms with Gasteiger partial charge in [0.25, 0.3) is 5.91 Å². The van der Waals surface area contributed by atoms with Crippen molar-refractivity contribution in [3.8, 4) is 11.1 Å². The van der Waals surface area contributed by atoms with E-state index in [1.807, 2.05) is 19.1 Å². The van der Waals surface area contributed by atoms with Gasteiger partial charge >= 0.3 is 6.18 Å². The fraction of sp³-hybridized carbons (Fsp3) is 0.414. The van der Waals surface area contributed by atoms with Crippen molar-refractivity contribution in [2.24, 2.45) is 5.73 Å². The van der Waals surface area contributed by atoms with Gasteiger partial charge in [0.15, 0.2) is 0 Å². The summed E-state index contributed by atoms with van der Waals surface area (Å²) in [5, 5.41) is 3.02. The van der Waals surface area contributed by atoms with Crippen LogP contribution >= 0.6 is 0 Å². The van der Waals surface area contributed by atoms with Gasteiger partial charge in [-0.25, -0.2) is 9.97 Å². The van der Waals surface area contributed by atoms with Crippen molar-refractivity contribution in [2.45, 2.75) is 63.2 Å². The number of carbonyl (C=O) groups is 1. The Labute approximate surface area is 219 Å². The molecule has 2 aliphatic rings. The average Bonchev–Trinajstić information content (AvgIpc) is 3.78. The van der Waals surface area contributed by atoms with Crippen LogP contribution < -0.4 is 11.1 Å². The zero-order valence-electron chi connectivity index (χ0n) is 21.2. The number of hydrogen-bond donors (Lipinski definition) is 2. The molecule has 38 heavy (non-hydrogen) atoms. The van der Waals surface area contributed by atoms with Crippen LogP contribution in [0.1, 0.15) is 89.2 Å². The molecule has 2 heterocycles. The van der Waals surface area contributed by atoms with Gasteiger partial charge in [-0.1, -0.05) is 30.3 Å². The fourth-order valence-corrected chi connectivity index (χ4v) is 4.83. The molecule has 1 aliphatic carbocycles. The van der Waals surface area contributed by atoms with E-state index < -0.39 is 11.7 Å². The summed E-state index contributed by atoms with van der Waals surface area (Å²) in [5.41, 5.74) is 8.88. The van der Waals surface area contributed by atoms with Crippen molar-refractivity contribution < 1.29 is 22.7 Å². The molecule has 5 rings (SSSR count).